The van der Waals surface area contributed by atoms with E-state index in [-0.39, 0.29) is 29.2 Å². The summed E-state index contributed by atoms with van der Waals surface area (Å²) in [6.07, 6.45) is 2.23. The second-order valence-corrected chi connectivity index (χ2v) is 6.74. The molecule has 9 heteroatoms. The first kappa shape index (κ1) is 19.9. The van der Waals surface area contributed by atoms with E-state index in [0.717, 1.165) is 12.0 Å². The third kappa shape index (κ3) is 5.83. The summed E-state index contributed by atoms with van der Waals surface area (Å²) in [5.74, 6) is -0.127. The molecule has 1 atom stereocenters. The van der Waals surface area contributed by atoms with Crippen molar-refractivity contribution in [2.45, 2.75) is 31.9 Å². The van der Waals surface area contributed by atoms with Crippen LogP contribution >= 0.6 is 11.8 Å². The Morgan fingerprint density at radius 1 is 1.38 bits per heavy atom. The van der Waals surface area contributed by atoms with Crippen molar-refractivity contribution >= 4 is 35.0 Å². The quantitative estimate of drug-likeness (QED) is 0.422. The lowest BCUT2D eigenvalue weighted by atomic mass is 10.1. The van der Waals surface area contributed by atoms with Crippen LogP contribution in [-0.4, -0.2) is 34.9 Å². The molecule has 1 aliphatic carbocycles. The zero-order valence-corrected chi connectivity index (χ0v) is 15.3. The van der Waals surface area contributed by atoms with Gasteiger partial charge in [-0.2, -0.15) is 5.10 Å². The minimum absolute atomic E-state index is 0.0417. The highest BCUT2D eigenvalue weighted by Gasteiger charge is 2.30. The van der Waals surface area contributed by atoms with Gasteiger partial charge in [0.25, 0.3) is 5.69 Å². The number of hydrogen-bond acceptors (Lipinski definition) is 7. The van der Waals surface area contributed by atoms with Crippen LogP contribution in [0.15, 0.2) is 29.4 Å². The van der Waals surface area contributed by atoms with Crippen LogP contribution in [0.3, 0.4) is 0 Å². The predicted octanol–water partition coefficient (Wildman–Crippen LogP) is 2.66. The number of amides is 1. The molecule has 0 radical (unpaired) electrons. The number of nitrogens with one attached hydrogen (secondary N) is 1. The van der Waals surface area contributed by atoms with Crippen LogP contribution in [0.25, 0.3) is 0 Å². The van der Waals surface area contributed by atoms with E-state index in [1.54, 1.807) is 19.1 Å². The molecule has 140 valence electrons. The van der Waals surface area contributed by atoms with E-state index in [1.807, 2.05) is 0 Å². The Hall–Kier alpha value is -2.42. The van der Waals surface area contributed by atoms with Crippen molar-refractivity contribution in [2.24, 2.45) is 11.0 Å². The highest BCUT2D eigenvalue weighted by Crippen LogP contribution is 2.24. The van der Waals surface area contributed by atoms with Gasteiger partial charge in [0.2, 0.25) is 5.91 Å². The van der Waals surface area contributed by atoms with Gasteiger partial charge >= 0.3 is 5.97 Å². The molecule has 1 aromatic rings. The van der Waals surface area contributed by atoms with E-state index in [0.29, 0.717) is 30.9 Å². The molecule has 0 unspecified atom stereocenters. The fourth-order valence-electron chi connectivity index (χ4n) is 2.60. The van der Waals surface area contributed by atoms with Gasteiger partial charge in [0.15, 0.2) is 0 Å². The molecule has 0 aromatic heterocycles. The fourth-order valence-corrected chi connectivity index (χ4v) is 3.38. The molecule has 1 N–H and O–H groups in total. The smallest absolute Gasteiger partial charge is 0.314 e. The van der Waals surface area contributed by atoms with E-state index in [4.69, 9.17) is 4.74 Å². The van der Waals surface area contributed by atoms with Gasteiger partial charge in [-0.1, -0.05) is 12.1 Å². The Balaban J connectivity index is 1.76. The molecule has 0 saturated heterocycles. The molecule has 0 bridgehead atoms. The minimum atomic E-state index is -0.448. The van der Waals surface area contributed by atoms with Crippen LogP contribution in [-0.2, 0) is 20.1 Å². The topological polar surface area (TPSA) is 111 Å². The molecule has 0 heterocycles. The van der Waals surface area contributed by atoms with Gasteiger partial charge in [-0.15, -0.1) is 11.8 Å². The van der Waals surface area contributed by atoms with Gasteiger partial charge in [-0.05, 0) is 31.7 Å². The van der Waals surface area contributed by atoms with Crippen LogP contribution in [0.2, 0.25) is 0 Å². The van der Waals surface area contributed by atoms with Gasteiger partial charge in [0.1, 0.15) is 0 Å². The third-order valence-corrected chi connectivity index (χ3v) is 4.88. The van der Waals surface area contributed by atoms with E-state index < -0.39 is 4.92 Å². The maximum Gasteiger partial charge on any atom is 0.314 e. The van der Waals surface area contributed by atoms with Crippen LogP contribution in [0, 0.1) is 16.0 Å². The van der Waals surface area contributed by atoms with Gasteiger partial charge in [0, 0.05) is 17.9 Å². The predicted molar refractivity (Wildman–Crippen MR) is 98.8 cm³/mol. The number of benzene rings is 1. The molecule has 1 amide bonds. The summed E-state index contributed by atoms with van der Waals surface area (Å²) in [5.41, 5.74) is 4.10. The lowest BCUT2D eigenvalue weighted by molar-refractivity contribution is -0.384. The molecule has 1 fully saturated rings. The number of carbonyl (C=O) groups excluding carboxylic acids is 2. The Morgan fingerprint density at radius 3 is 2.77 bits per heavy atom. The monoisotopic (exact) mass is 379 g/mol. The van der Waals surface area contributed by atoms with Crippen molar-refractivity contribution in [1.29, 1.82) is 0 Å². The standard InChI is InChI=1S/C17H21N3O5S/c1-2-25-17(22)14-4-3-5-15(14)18-19-16(21)11-26-10-12-6-8-13(9-7-12)20(23)24/h6-9,14H,2-5,10-11H2,1H3,(H,19,21)/b18-15-/t14-/m1/s1. The average molecular weight is 379 g/mol. The van der Waals surface area contributed by atoms with Crippen molar-refractivity contribution in [3.05, 3.63) is 39.9 Å². The number of ether oxygens (including phenoxy) is 1. The number of hydrogen-bond donors (Lipinski definition) is 1. The molecule has 1 aliphatic rings. The fraction of sp³-hybridized carbons (Fsp3) is 0.471. The van der Waals surface area contributed by atoms with Crippen molar-refractivity contribution in [3.63, 3.8) is 0 Å². The van der Waals surface area contributed by atoms with Crippen molar-refractivity contribution < 1.29 is 19.2 Å². The van der Waals surface area contributed by atoms with Crippen LogP contribution in [0.5, 0.6) is 0 Å². The Bertz CT molecular complexity index is 690. The molecule has 1 saturated carbocycles. The molecule has 1 aromatic carbocycles. The lowest BCUT2D eigenvalue weighted by Crippen LogP contribution is -2.26. The second kappa shape index (κ2) is 9.91. The minimum Gasteiger partial charge on any atom is -0.465 e. The SMILES string of the molecule is CCOC(=O)[C@@H]1CCC/C1=N/NC(=O)CSCc1ccc([N+](=O)[O-])cc1. The maximum atomic E-state index is 11.9. The first-order valence-corrected chi connectivity index (χ1v) is 9.49. The summed E-state index contributed by atoms with van der Waals surface area (Å²) in [4.78, 5) is 33.9. The van der Waals surface area contributed by atoms with Crippen molar-refractivity contribution in [3.8, 4) is 0 Å². The van der Waals surface area contributed by atoms with Crippen molar-refractivity contribution in [1.82, 2.24) is 5.43 Å². The number of hydrazone groups is 1. The second-order valence-electron chi connectivity index (χ2n) is 5.75. The molecule has 0 aliphatic heterocycles. The molecule has 8 nitrogen and oxygen atoms in total. The first-order chi connectivity index (χ1) is 12.5. The highest BCUT2D eigenvalue weighted by atomic mass is 32.2. The van der Waals surface area contributed by atoms with Gasteiger partial charge in [-0.25, -0.2) is 5.43 Å². The number of esters is 1. The first-order valence-electron chi connectivity index (χ1n) is 8.34. The Labute approximate surface area is 155 Å². The summed E-state index contributed by atoms with van der Waals surface area (Å²) < 4.78 is 5.02. The Morgan fingerprint density at radius 2 is 2.12 bits per heavy atom. The molecule has 2 rings (SSSR count). The number of carbonyl (C=O) groups is 2. The zero-order valence-electron chi connectivity index (χ0n) is 14.5. The summed E-state index contributed by atoms with van der Waals surface area (Å²) in [6, 6.07) is 6.23. The van der Waals surface area contributed by atoms with Gasteiger partial charge in [0.05, 0.1) is 28.9 Å². The largest absolute Gasteiger partial charge is 0.465 e. The lowest BCUT2D eigenvalue weighted by Gasteiger charge is -2.10. The van der Waals surface area contributed by atoms with E-state index in [1.165, 1.54) is 23.9 Å². The van der Waals surface area contributed by atoms with Crippen LogP contribution in [0.4, 0.5) is 5.69 Å². The summed E-state index contributed by atoms with van der Waals surface area (Å²) >= 11 is 1.38. The zero-order chi connectivity index (χ0) is 18.9. The summed E-state index contributed by atoms with van der Waals surface area (Å²) in [6.45, 7) is 2.09. The van der Waals surface area contributed by atoms with Gasteiger partial charge in [-0.3, -0.25) is 19.7 Å². The van der Waals surface area contributed by atoms with E-state index >= 15 is 0 Å². The summed E-state index contributed by atoms with van der Waals surface area (Å²) in [7, 11) is 0. The highest BCUT2D eigenvalue weighted by molar-refractivity contribution is 7.99. The number of nitrogens with zero attached hydrogens (tertiary/aromatic N) is 2. The summed E-state index contributed by atoms with van der Waals surface area (Å²) in [5, 5.41) is 14.7. The number of rotatable bonds is 8. The molecule has 0 spiro atoms. The molecule has 26 heavy (non-hydrogen) atoms. The van der Waals surface area contributed by atoms with Crippen LogP contribution in [0.1, 0.15) is 31.7 Å². The Kier molecular flexibility index (Phi) is 7.58. The normalized spacial score (nSPS) is 17.9. The van der Waals surface area contributed by atoms with E-state index in [9.17, 15) is 19.7 Å². The number of nitro groups is 1. The van der Waals surface area contributed by atoms with E-state index in [2.05, 4.69) is 10.5 Å². The number of thioether (sulfide) groups is 1. The van der Waals surface area contributed by atoms with Gasteiger partial charge < -0.3 is 4.74 Å². The maximum absolute atomic E-state index is 11.9. The third-order valence-electron chi connectivity index (χ3n) is 3.87. The molecular weight excluding hydrogens is 358 g/mol. The van der Waals surface area contributed by atoms with Crippen molar-refractivity contribution in [2.75, 3.05) is 12.4 Å². The average Bonchev–Trinajstić information content (AvgIpc) is 3.09. The number of non-ortho nitro benzene ring substituents is 1. The number of nitro benzene ring substituents is 1. The van der Waals surface area contributed by atoms with Crippen LogP contribution < -0.4 is 5.43 Å². The molecular formula is C17H21N3O5S.